The molecule has 2 aromatic rings. The molecule has 0 amide bonds. The van der Waals surface area contributed by atoms with E-state index in [1.807, 2.05) is 31.8 Å². The van der Waals surface area contributed by atoms with Gasteiger partial charge in [0.1, 0.15) is 11.9 Å². The van der Waals surface area contributed by atoms with Gasteiger partial charge in [0.15, 0.2) is 0 Å². The van der Waals surface area contributed by atoms with E-state index in [0.29, 0.717) is 5.92 Å². The topological polar surface area (TPSA) is 55.2 Å². The Hall–Kier alpha value is -1.92. The van der Waals surface area contributed by atoms with Crippen LogP contribution in [0.3, 0.4) is 0 Å². The first-order valence-electron chi connectivity index (χ1n) is 8.56. The Labute approximate surface area is 143 Å². The normalized spacial score (nSPS) is 21.0. The van der Waals surface area contributed by atoms with Crippen molar-refractivity contribution < 1.29 is 4.74 Å². The van der Waals surface area contributed by atoms with E-state index in [9.17, 15) is 0 Å². The predicted octanol–water partition coefficient (Wildman–Crippen LogP) is 2.14. The molecule has 24 heavy (non-hydrogen) atoms. The van der Waals surface area contributed by atoms with E-state index in [2.05, 4.69) is 44.9 Å². The van der Waals surface area contributed by atoms with Crippen LogP contribution in [0.15, 0.2) is 30.9 Å². The van der Waals surface area contributed by atoms with Crippen LogP contribution in [-0.4, -0.2) is 41.8 Å². The number of anilines is 1. The summed E-state index contributed by atoms with van der Waals surface area (Å²) in [6.07, 6.45) is 9.96. The highest BCUT2D eigenvalue weighted by Crippen LogP contribution is 2.32. The van der Waals surface area contributed by atoms with Crippen LogP contribution in [0.4, 0.5) is 5.69 Å². The van der Waals surface area contributed by atoms with Crippen molar-refractivity contribution in [1.29, 1.82) is 0 Å². The summed E-state index contributed by atoms with van der Waals surface area (Å²) in [5, 5.41) is 3.59. The van der Waals surface area contributed by atoms with Crippen molar-refractivity contribution in [1.82, 2.24) is 19.9 Å². The molecular weight excluding hydrogens is 302 g/mol. The lowest BCUT2D eigenvalue weighted by Gasteiger charge is -2.31. The second kappa shape index (κ2) is 7.77. The van der Waals surface area contributed by atoms with Crippen molar-refractivity contribution in [3.05, 3.63) is 42.2 Å². The lowest BCUT2D eigenvalue weighted by Crippen LogP contribution is -2.33. The minimum absolute atomic E-state index is 0.0773. The van der Waals surface area contributed by atoms with E-state index in [-0.39, 0.29) is 6.10 Å². The number of aryl methyl sites for hydroxylation is 1. The van der Waals surface area contributed by atoms with E-state index < -0.39 is 0 Å². The molecule has 0 bridgehead atoms. The molecule has 130 valence electrons. The van der Waals surface area contributed by atoms with Crippen molar-refractivity contribution in [2.45, 2.75) is 25.5 Å². The summed E-state index contributed by atoms with van der Waals surface area (Å²) in [5.41, 5.74) is 2.42. The van der Waals surface area contributed by atoms with E-state index in [1.54, 1.807) is 0 Å². The Morgan fingerprint density at radius 1 is 1.38 bits per heavy atom. The standard InChI is InChI=1S/C18H27N5O/c1-22(2)16-6-7-19-12-15(16)13-20-11-14-5-4-10-24-17(14)18-21-8-9-23(18)3/h6-9,12,14,17,20H,4-5,10-11,13H2,1-3H3/t14-,17+/m0/s1. The second-order valence-corrected chi connectivity index (χ2v) is 6.62. The van der Waals surface area contributed by atoms with Crippen LogP contribution >= 0.6 is 0 Å². The van der Waals surface area contributed by atoms with Gasteiger partial charge in [-0.15, -0.1) is 0 Å². The zero-order valence-corrected chi connectivity index (χ0v) is 14.8. The van der Waals surface area contributed by atoms with Crippen molar-refractivity contribution in [3.8, 4) is 0 Å². The van der Waals surface area contributed by atoms with Crippen LogP contribution in [0.1, 0.15) is 30.3 Å². The van der Waals surface area contributed by atoms with Gasteiger partial charge in [-0.2, -0.15) is 0 Å². The van der Waals surface area contributed by atoms with Crippen LogP contribution in [0.5, 0.6) is 0 Å². The number of aromatic nitrogens is 3. The molecule has 0 spiro atoms. The predicted molar refractivity (Wildman–Crippen MR) is 94.9 cm³/mol. The van der Waals surface area contributed by atoms with Crippen molar-refractivity contribution in [2.24, 2.45) is 13.0 Å². The fourth-order valence-electron chi connectivity index (χ4n) is 3.37. The maximum Gasteiger partial charge on any atom is 0.137 e. The molecule has 0 saturated carbocycles. The molecule has 0 aromatic carbocycles. The molecule has 1 saturated heterocycles. The molecule has 1 aliphatic heterocycles. The Morgan fingerprint density at radius 2 is 2.25 bits per heavy atom. The first-order chi connectivity index (χ1) is 11.7. The lowest BCUT2D eigenvalue weighted by molar-refractivity contribution is -0.0344. The zero-order chi connectivity index (χ0) is 16.9. The van der Waals surface area contributed by atoms with E-state index in [0.717, 1.165) is 38.4 Å². The summed E-state index contributed by atoms with van der Waals surface area (Å²) < 4.78 is 8.10. The highest BCUT2D eigenvalue weighted by molar-refractivity contribution is 5.50. The molecule has 1 aliphatic rings. The van der Waals surface area contributed by atoms with Gasteiger partial charge in [0, 0.05) is 82.8 Å². The fourth-order valence-corrected chi connectivity index (χ4v) is 3.37. The highest BCUT2D eigenvalue weighted by atomic mass is 16.5. The second-order valence-electron chi connectivity index (χ2n) is 6.62. The quantitative estimate of drug-likeness (QED) is 0.880. The molecule has 1 N–H and O–H groups in total. The van der Waals surface area contributed by atoms with Gasteiger partial charge in [0.2, 0.25) is 0 Å². The summed E-state index contributed by atoms with van der Waals surface area (Å²) >= 11 is 0. The third-order valence-corrected chi connectivity index (χ3v) is 4.64. The number of hydrogen-bond acceptors (Lipinski definition) is 5. The first kappa shape index (κ1) is 16.9. The van der Waals surface area contributed by atoms with E-state index in [1.165, 1.54) is 11.3 Å². The van der Waals surface area contributed by atoms with Gasteiger partial charge in [0.25, 0.3) is 0 Å². The van der Waals surface area contributed by atoms with Gasteiger partial charge in [-0.25, -0.2) is 4.98 Å². The van der Waals surface area contributed by atoms with Crippen molar-refractivity contribution >= 4 is 5.69 Å². The number of rotatable bonds is 6. The molecule has 0 radical (unpaired) electrons. The molecule has 0 unspecified atom stereocenters. The third kappa shape index (κ3) is 3.76. The average molecular weight is 329 g/mol. The summed E-state index contributed by atoms with van der Waals surface area (Å²) in [4.78, 5) is 10.9. The maximum atomic E-state index is 6.04. The fraction of sp³-hybridized carbons (Fsp3) is 0.556. The number of nitrogens with one attached hydrogen (secondary N) is 1. The van der Waals surface area contributed by atoms with Crippen LogP contribution in [0.25, 0.3) is 0 Å². The van der Waals surface area contributed by atoms with Crippen LogP contribution < -0.4 is 10.2 Å². The third-order valence-electron chi connectivity index (χ3n) is 4.64. The molecular formula is C18H27N5O. The molecule has 1 fully saturated rings. The molecule has 2 atom stereocenters. The Bertz CT molecular complexity index is 654. The SMILES string of the molecule is CN(C)c1ccncc1CNC[C@@H]1CCCO[C@H]1c1nccn1C. The Morgan fingerprint density at radius 3 is 3.00 bits per heavy atom. The summed E-state index contributed by atoms with van der Waals surface area (Å²) in [6.45, 7) is 2.55. The van der Waals surface area contributed by atoms with Gasteiger partial charge in [-0.1, -0.05) is 0 Å². The summed E-state index contributed by atoms with van der Waals surface area (Å²) in [6, 6.07) is 2.05. The van der Waals surface area contributed by atoms with Gasteiger partial charge in [0.05, 0.1) is 0 Å². The maximum absolute atomic E-state index is 6.04. The molecule has 3 heterocycles. The minimum Gasteiger partial charge on any atom is -0.377 e. The smallest absolute Gasteiger partial charge is 0.137 e. The van der Waals surface area contributed by atoms with Gasteiger partial charge >= 0.3 is 0 Å². The average Bonchev–Trinajstić information content (AvgIpc) is 3.01. The van der Waals surface area contributed by atoms with Gasteiger partial charge < -0.3 is 19.5 Å². The lowest BCUT2D eigenvalue weighted by atomic mass is 9.93. The van der Waals surface area contributed by atoms with Crippen LogP contribution in [0, 0.1) is 5.92 Å². The van der Waals surface area contributed by atoms with Gasteiger partial charge in [-0.05, 0) is 18.9 Å². The Balaban J connectivity index is 1.62. The molecule has 6 heteroatoms. The van der Waals surface area contributed by atoms with Crippen LogP contribution in [-0.2, 0) is 18.3 Å². The first-order valence-corrected chi connectivity index (χ1v) is 8.56. The zero-order valence-electron chi connectivity index (χ0n) is 14.8. The number of pyridine rings is 1. The van der Waals surface area contributed by atoms with E-state index >= 15 is 0 Å². The monoisotopic (exact) mass is 329 g/mol. The van der Waals surface area contributed by atoms with E-state index in [4.69, 9.17) is 4.74 Å². The summed E-state index contributed by atoms with van der Waals surface area (Å²) in [5.74, 6) is 1.47. The van der Waals surface area contributed by atoms with Crippen molar-refractivity contribution in [3.63, 3.8) is 0 Å². The van der Waals surface area contributed by atoms with Crippen molar-refractivity contribution in [2.75, 3.05) is 32.1 Å². The van der Waals surface area contributed by atoms with Gasteiger partial charge in [-0.3, -0.25) is 4.98 Å². The molecule has 0 aliphatic carbocycles. The molecule has 2 aromatic heterocycles. The minimum atomic E-state index is 0.0773. The molecule has 3 rings (SSSR count). The summed E-state index contributed by atoms with van der Waals surface area (Å²) in [7, 11) is 6.15. The molecule has 6 nitrogen and oxygen atoms in total. The number of hydrogen-bond donors (Lipinski definition) is 1. The highest BCUT2D eigenvalue weighted by Gasteiger charge is 2.29. The number of ether oxygens (including phenoxy) is 1. The number of imidazole rings is 1. The largest absolute Gasteiger partial charge is 0.377 e. The van der Waals surface area contributed by atoms with Crippen LogP contribution in [0.2, 0.25) is 0 Å². The number of nitrogens with zero attached hydrogens (tertiary/aromatic N) is 4. The Kier molecular flexibility index (Phi) is 5.48.